The Hall–Kier alpha value is -1.26. The Kier molecular flexibility index (Phi) is 4.09. The minimum Gasteiger partial charge on any atom is -0.478 e. The van der Waals surface area contributed by atoms with Crippen LogP contribution in [0.4, 0.5) is 5.69 Å². The van der Waals surface area contributed by atoms with Crippen LogP contribution in [0.15, 0.2) is 18.2 Å². The first-order chi connectivity index (χ1) is 8.58. The quantitative estimate of drug-likeness (QED) is 0.893. The molecule has 5 heteroatoms. The molecule has 2 rings (SSSR count). The van der Waals surface area contributed by atoms with Crippen molar-refractivity contribution >= 4 is 23.3 Å². The molecule has 0 saturated carbocycles. The molecule has 1 heterocycles. The molecule has 1 N–H and O–H groups in total. The van der Waals surface area contributed by atoms with Gasteiger partial charge in [0, 0.05) is 19.6 Å². The highest BCUT2D eigenvalue weighted by molar-refractivity contribution is 6.33. The van der Waals surface area contributed by atoms with Crippen LogP contribution in [0.25, 0.3) is 0 Å². The number of benzene rings is 1. The Morgan fingerprint density at radius 2 is 2.06 bits per heavy atom. The van der Waals surface area contributed by atoms with Crippen LogP contribution in [0.1, 0.15) is 16.8 Å². The Morgan fingerprint density at radius 3 is 2.72 bits per heavy atom. The van der Waals surface area contributed by atoms with Crippen LogP contribution in [0.5, 0.6) is 0 Å². The maximum atomic E-state index is 10.9. The van der Waals surface area contributed by atoms with E-state index in [0.29, 0.717) is 5.02 Å². The second kappa shape index (κ2) is 5.59. The molecule has 1 aliphatic rings. The van der Waals surface area contributed by atoms with E-state index in [1.165, 1.54) is 6.07 Å². The lowest BCUT2D eigenvalue weighted by Crippen LogP contribution is -2.28. The number of anilines is 1. The van der Waals surface area contributed by atoms with Gasteiger partial charge in [0.2, 0.25) is 0 Å². The molecule has 0 unspecified atom stereocenters. The number of carbonyl (C=O) groups is 1. The van der Waals surface area contributed by atoms with Crippen LogP contribution in [0, 0.1) is 0 Å². The van der Waals surface area contributed by atoms with Gasteiger partial charge in [0.1, 0.15) is 0 Å². The van der Waals surface area contributed by atoms with Gasteiger partial charge in [-0.15, -0.1) is 0 Å². The minimum atomic E-state index is -0.945. The summed E-state index contributed by atoms with van der Waals surface area (Å²) in [5, 5.41) is 9.42. The van der Waals surface area contributed by atoms with Gasteiger partial charge in [0.25, 0.3) is 0 Å². The summed E-state index contributed by atoms with van der Waals surface area (Å²) in [5.74, 6) is -0.945. The Balaban J connectivity index is 2.20. The van der Waals surface area contributed by atoms with Crippen molar-refractivity contribution in [3.8, 4) is 0 Å². The molecule has 1 saturated heterocycles. The van der Waals surface area contributed by atoms with E-state index in [-0.39, 0.29) is 5.56 Å². The number of halogens is 1. The van der Waals surface area contributed by atoms with Crippen LogP contribution in [0.3, 0.4) is 0 Å². The van der Waals surface area contributed by atoms with Crippen molar-refractivity contribution in [2.45, 2.75) is 6.42 Å². The maximum Gasteiger partial charge on any atom is 0.335 e. The average molecular weight is 269 g/mol. The number of rotatable bonds is 2. The second-order valence-corrected chi connectivity index (χ2v) is 5.02. The Bertz CT molecular complexity index is 451. The first kappa shape index (κ1) is 13.2. The number of likely N-dealkylation sites (N-methyl/N-ethyl adjacent to an activating group) is 1. The standard InChI is InChI=1S/C13H17ClN2O2/c1-15-5-2-6-16(8-7-15)12-4-3-10(13(17)18)9-11(12)14/h3-4,9H,2,5-8H2,1H3,(H,17,18). The van der Waals surface area contributed by atoms with Gasteiger partial charge in [0.15, 0.2) is 0 Å². The third kappa shape index (κ3) is 2.94. The zero-order chi connectivity index (χ0) is 13.1. The summed E-state index contributed by atoms with van der Waals surface area (Å²) in [6.07, 6.45) is 1.09. The van der Waals surface area contributed by atoms with Crippen LogP contribution in [0.2, 0.25) is 5.02 Å². The van der Waals surface area contributed by atoms with E-state index in [2.05, 4.69) is 16.8 Å². The summed E-state index contributed by atoms with van der Waals surface area (Å²) in [7, 11) is 2.11. The summed E-state index contributed by atoms with van der Waals surface area (Å²) < 4.78 is 0. The number of nitrogens with zero attached hydrogens (tertiary/aromatic N) is 2. The van der Waals surface area contributed by atoms with Gasteiger partial charge in [-0.2, -0.15) is 0 Å². The molecule has 1 aromatic carbocycles. The lowest BCUT2D eigenvalue weighted by atomic mass is 10.2. The van der Waals surface area contributed by atoms with Crippen molar-refractivity contribution < 1.29 is 9.90 Å². The molecule has 98 valence electrons. The number of hydrogen-bond donors (Lipinski definition) is 1. The highest BCUT2D eigenvalue weighted by Gasteiger charge is 2.16. The molecule has 0 aromatic heterocycles. The monoisotopic (exact) mass is 268 g/mol. The van der Waals surface area contributed by atoms with Crippen molar-refractivity contribution in [2.75, 3.05) is 38.1 Å². The van der Waals surface area contributed by atoms with E-state index in [1.54, 1.807) is 12.1 Å². The smallest absolute Gasteiger partial charge is 0.335 e. The Labute approximate surface area is 112 Å². The fourth-order valence-electron chi connectivity index (χ4n) is 2.18. The molecule has 0 amide bonds. The summed E-state index contributed by atoms with van der Waals surface area (Å²) >= 11 is 6.18. The topological polar surface area (TPSA) is 43.8 Å². The summed E-state index contributed by atoms with van der Waals surface area (Å²) in [5.41, 5.74) is 1.16. The molecule has 1 aromatic rings. The molecule has 4 nitrogen and oxygen atoms in total. The van der Waals surface area contributed by atoms with Crippen LogP contribution in [-0.4, -0.2) is 49.2 Å². The largest absolute Gasteiger partial charge is 0.478 e. The van der Waals surface area contributed by atoms with Gasteiger partial charge >= 0.3 is 5.97 Å². The van der Waals surface area contributed by atoms with Gasteiger partial charge in [-0.1, -0.05) is 11.6 Å². The van der Waals surface area contributed by atoms with E-state index in [0.717, 1.165) is 38.3 Å². The molecule has 0 aliphatic carbocycles. The van der Waals surface area contributed by atoms with E-state index < -0.39 is 5.97 Å². The maximum absolute atomic E-state index is 10.9. The van der Waals surface area contributed by atoms with Gasteiger partial charge in [0.05, 0.1) is 16.3 Å². The third-order valence-corrected chi connectivity index (χ3v) is 3.56. The van der Waals surface area contributed by atoms with Gasteiger partial charge in [-0.25, -0.2) is 4.79 Å². The van der Waals surface area contributed by atoms with Crippen molar-refractivity contribution in [3.05, 3.63) is 28.8 Å². The van der Waals surface area contributed by atoms with Crippen molar-refractivity contribution in [1.29, 1.82) is 0 Å². The second-order valence-electron chi connectivity index (χ2n) is 4.62. The molecule has 18 heavy (non-hydrogen) atoms. The fraction of sp³-hybridized carbons (Fsp3) is 0.462. The lowest BCUT2D eigenvalue weighted by Gasteiger charge is -2.24. The normalized spacial score (nSPS) is 17.6. The molecular formula is C13H17ClN2O2. The molecule has 1 aliphatic heterocycles. The van der Waals surface area contributed by atoms with Gasteiger partial charge < -0.3 is 14.9 Å². The van der Waals surface area contributed by atoms with E-state index in [9.17, 15) is 4.79 Å². The highest BCUT2D eigenvalue weighted by atomic mass is 35.5. The molecular weight excluding hydrogens is 252 g/mol. The predicted octanol–water partition coefficient (Wildman–Crippen LogP) is 2.18. The zero-order valence-electron chi connectivity index (χ0n) is 10.4. The summed E-state index contributed by atoms with van der Waals surface area (Å²) in [6.45, 7) is 3.96. The summed E-state index contributed by atoms with van der Waals surface area (Å²) in [6, 6.07) is 4.93. The number of carboxylic acid groups (broad SMARTS) is 1. The fourth-order valence-corrected chi connectivity index (χ4v) is 2.48. The number of hydrogen-bond acceptors (Lipinski definition) is 3. The van der Waals surface area contributed by atoms with Crippen LogP contribution < -0.4 is 4.90 Å². The highest BCUT2D eigenvalue weighted by Crippen LogP contribution is 2.27. The lowest BCUT2D eigenvalue weighted by molar-refractivity contribution is 0.0697. The Morgan fingerprint density at radius 1 is 1.28 bits per heavy atom. The number of carboxylic acids is 1. The molecule has 0 radical (unpaired) electrons. The van der Waals surface area contributed by atoms with E-state index in [4.69, 9.17) is 16.7 Å². The SMILES string of the molecule is CN1CCCN(c2ccc(C(=O)O)cc2Cl)CC1. The van der Waals surface area contributed by atoms with Crippen molar-refractivity contribution in [3.63, 3.8) is 0 Å². The van der Waals surface area contributed by atoms with Crippen molar-refractivity contribution in [1.82, 2.24) is 4.90 Å². The molecule has 0 atom stereocenters. The predicted molar refractivity (Wildman–Crippen MR) is 72.7 cm³/mol. The number of aromatic carboxylic acids is 1. The van der Waals surface area contributed by atoms with Gasteiger partial charge in [-0.05, 0) is 38.2 Å². The van der Waals surface area contributed by atoms with Crippen molar-refractivity contribution in [2.24, 2.45) is 0 Å². The zero-order valence-corrected chi connectivity index (χ0v) is 11.2. The first-order valence-electron chi connectivity index (χ1n) is 6.04. The third-order valence-electron chi connectivity index (χ3n) is 3.25. The minimum absolute atomic E-state index is 0.232. The van der Waals surface area contributed by atoms with Crippen LogP contribution >= 0.6 is 11.6 Å². The average Bonchev–Trinajstić information content (AvgIpc) is 2.54. The van der Waals surface area contributed by atoms with Crippen LogP contribution in [-0.2, 0) is 0 Å². The van der Waals surface area contributed by atoms with Gasteiger partial charge in [-0.3, -0.25) is 0 Å². The molecule has 1 fully saturated rings. The molecule has 0 bridgehead atoms. The molecule has 0 spiro atoms. The van der Waals surface area contributed by atoms with E-state index >= 15 is 0 Å². The first-order valence-corrected chi connectivity index (χ1v) is 6.42. The summed E-state index contributed by atoms with van der Waals surface area (Å²) in [4.78, 5) is 15.4. The van der Waals surface area contributed by atoms with E-state index in [1.807, 2.05) is 0 Å².